The lowest BCUT2D eigenvalue weighted by atomic mass is 10.1. The molecule has 1 saturated heterocycles. The van der Waals surface area contributed by atoms with Crippen LogP contribution in [0.5, 0.6) is 5.75 Å². The molecule has 0 aromatic heterocycles. The van der Waals surface area contributed by atoms with Crippen LogP contribution in [0.2, 0.25) is 0 Å². The van der Waals surface area contributed by atoms with Gasteiger partial charge in [-0.25, -0.2) is 8.42 Å². The molecule has 1 atom stereocenters. The molecule has 2 aromatic rings. The third kappa shape index (κ3) is 6.55. The fourth-order valence-electron chi connectivity index (χ4n) is 3.56. The summed E-state index contributed by atoms with van der Waals surface area (Å²) >= 11 is 0. The average molecular weight is 490 g/mol. The number of carbonyl (C=O) groups is 2. The number of rotatable bonds is 10. The smallest absolute Gasteiger partial charge is 0.261 e. The van der Waals surface area contributed by atoms with Crippen molar-refractivity contribution in [1.29, 1.82) is 0 Å². The van der Waals surface area contributed by atoms with Gasteiger partial charge in [0.2, 0.25) is 15.9 Å². The van der Waals surface area contributed by atoms with E-state index in [1.54, 1.807) is 6.92 Å². The molecule has 0 bridgehead atoms. The zero-order valence-corrected chi connectivity index (χ0v) is 20.3. The number of sulfonamides is 1. The molecule has 34 heavy (non-hydrogen) atoms. The minimum Gasteiger partial charge on any atom is -0.484 e. The molecule has 0 saturated carbocycles. The van der Waals surface area contributed by atoms with Crippen molar-refractivity contribution in [3.63, 3.8) is 0 Å². The Morgan fingerprint density at radius 1 is 1.09 bits per heavy atom. The summed E-state index contributed by atoms with van der Waals surface area (Å²) in [6, 6.07) is 14.7. The van der Waals surface area contributed by atoms with E-state index < -0.39 is 16.1 Å². The maximum absolute atomic E-state index is 13.0. The highest BCUT2D eigenvalue weighted by Crippen LogP contribution is 2.21. The van der Waals surface area contributed by atoms with Crippen molar-refractivity contribution < 1.29 is 27.5 Å². The Bertz CT molecular complexity index is 1050. The van der Waals surface area contributed by atoms with Crippen LogP contribution >= 0.6 is 0 Å². The Kier molecular flexibility index (Phi) is 9.03. The fraction of sp³-hybridized carbons (Fsp3) is 0.417. The third-order valence-electron chi connectivity index (χ3n) is 5.51. The van der Waals surface area contributed by atoms with Gasteiger partial charge in [-0.2, -0.15) is 4.31 Å². The molecule has 2 amide bonds. The second-order valence-electron chi connectivity index (χ2n) is 7.85. The molecule has 1 heterocycles. The van der Waals surface area contributed by atoms with Crippen molar-refractivity contribution in [3.8, 4) is 5.75 Å². The summed E-state index contributed by atoms with van der Waals surface area (Å²) in [6.45, 7) is 5.31. The first-order valence-electron chi connectivity index (χ1n) is 11.2. The highest BCUT2D eigenvalue weighted by molar-refractivity contribution is 7.89. The zero-order valence-electron chi connectivity index (χ0n) is 19.5. The van der Waals surface area contributed by atoms with Crippen molar-refractivity contribution in [1.82, 2.24) is 14.5 Å². The Balaban J connectivity index is 1.66. The molecule has 1 unspecified atom stereocenters. The number of morpholine rings is 1. The first-order chi connectivity index (χ1) is 16.3. The van der Waals surface area contributed by atoms with Crippen LogP contribution in [-0.4, -0.2) is 74.9 Å². The molecule has 184 valence electrons. The van der Waals surface area contributed by atoms with E-state index in [-0.39, 0.29) is 29.9 Å². The number of nitrogens with one attached hydrogen (secondary N) is 1. The van der Waals surface area contributed by atoms with Gasteiger partial charge < -0.3 is 19.7 Å². The molecular weight excluding hydrogens is 458 g/mol. The van der Waals surface area contributed by atoms with E-state index in [4.69, 9.17) is 9.47 Å². The zero-order chi connectivity index (χ0) is 24.6. The lowest BCUT2D eigenvalue weighted by Gasteiger charge is -2.28. The summed E-state index contributed by atoms with van der Waals surface area (Å²) in [5.74, 6) is -0.239. The highest BCUT2D eigenvalue weighted by atomic mass is 32.2. The molecule has 9 nitrogen and oxygen atoms in total. The van der Waals surface area contributed by atoms with Gasteiger partial charge in [-0.1, -0.05) is 30.3 Å². The first-order valence-corrected chi connectivity index (χ1v) is 12.7. The summed E-state index contributed by atoms with van der Waals surface area (Å²) in [6.07, 6.45) is 0. The summed E-state index contributed by atoms with van der Waals surface area (Å²) in [7, 11) is -3.61. The summed E-state index contributed by atoms with van der Waals surface area (Å²) < 4.78 is 37.7. The van der Waals surface area contributed by atoms with Gasteiger partial charge in [0.15, 0.2) is 6.61 Å². The first kappa shape index (κ1) is 25.7. The predicted molar refractivity (Wildman–Crippen MR) is 127 cm³/mol. The van der Waals surface area contributed by atoms with Crippen LogP contribution < -0.4 is 10.1 Å². The van der Waals surface area contributed by atoms with Gasteiger partial charge in [0, 0.05) is 26.2 Å². The van der Waals surface area contributed by atoms with E-state index in [9.17, 15) is 18.0 Å². The molecule has 1 aliphatic rings. The SMILES string of the molecule is CCNC(=O)C(C)N(Cc1ccccc1)C(=O)COc1ccc(S(=O)(=O)N2CCOCC2)cc1. The van der Waals surface area contributed by atoms with Crippen molar-refractivity contribution in [2.45, 2.75) is 31.3 Å². The number of carbonyl (C=O) groups excluding carboxylic acids is 2. The van der Waals surface area contributed by atoms with Crippen LogP contribution in [0.1, 0.15) is 19.4 Å². The maximum Gasteiger partial charge on any atom is 0.261 e. The average Bonchev–Trinajstić information content (AvgIpc) is 2.87. The van der Waals surface area contributed by atoms with E-state index in [2.05, 4.69) is 5.32 Å². The van der Waals surface area contributed by atoms with Gasteiger partial charge in [0.1, 0.15) is 11.8 Å². The molecule has 0 aliphatic carbocycles. The molecular formula is C24H31N3O6S. The molecule has 0 radical (unpaired) electrons. The number of likely N-dealkylation sites (N-methyl/N-ethyl adjacent to an activating group) is 1. The molecule has 2 aromatic carbocycles. The second-order valence-corrected chi connectivity index (χ2v) is 9.79. The quantitative estimate of drug-likeness (QED) is 0.544. The van der Waals surface area contributed by atoms with Crippen molar-refractivity contribution in [3.05, 3.63) is 60.2 Å². The van der Waals surface area contributed by atoms with Crippen LogP contribution in [0.3, 0.4) is 0 Å². The van der Waals surface area contributed by atoms with Crippen molar-refractivity contribution >= 4 is 21.8 Å². The van der Waals surface area contributed by atoms with Gasteiger partial charge >= 0.3 is 0 Å². The number of benzene rings is 2. The van der Waals surface area contributed by atoms with Gasteiger partial charge in [0.25, 0.3) is 5.91 Å². The van der Waals surface area contributed by atoms with E-state index in [0.29, 0.717) is 38.6 Å². The molecule has 1 N–H and O–H groups in total. The van der Waals surface area contributed by atoms with Gasteiger partial charge in [-0.15, -0.1) is 0 Å². The van der Waals surface area contributed by atoms with Gasteiger partial charge in [-0.3, -0.25) is 9.59 Å². The molecule has 3 rings (SSSR count). The minimum absolute atomic E-state index is 0.156. The Hall–Kier alpha value is -2.95. The normalized spacial score (nSPS) is 15.4. The van der Waals surface area contributed by atoms with Crippen LogP contribution in [0.15, 0.2) is 59.5 Å². The lowest BCUT2D eigenvalue weighted by molar-refractivity contribution is -0.142. The maximum atomic E-state index is 13.0. The predicted octanol–water partition coefficient (Wildman–Crippen LogP) is 1.64. The van der Waals surface area contributed by atoms with Crippen LogP contribution in [-0.2, 0) is 30.9 Å². The Morgan fingerprint density at radius 2 is 1.74 bits per heavy atom. The molecule has 0 spiro atoms. The van der Waals surface area contributed by atoms with E-state index in [0.717, 1.165) is 5.56 Å². The molecule has 1 aliphatic heterocycles. The second kappa shape index (κ2) is 12.0. The standard InChI is InChI=1S/C24H31N3O6S/c1-3-25-24(29)19(2)27(17-20-7-5-4-6-8-20)23(28)18-33-21-9-11-22(12-10-21)34(30,31)26-13-15-32-16-14-26/h4-12,19H,3,13-18H2,1-2H3,(H,25,29). The highest BCUT2D eigenvalue weighted by Gasteiger charge is 2.27. The monoisotopic (exact) mass is 489 g/mol. The lowest BCUT2D eigenvalue weighted by Crippen LogP contribution is -2.49. The van der Waals surface area contributed by atoms with E-state index in [1.807, 2.05) is 37.3 Å². The molecule has 1 fully saturated rings. The topological polar surface area (TPSA) is 105 Å². The number of ether oxygens (including phenoxy) is 2. The van der Waals surface area contributed by atoms with Crippen LogP contribution in [0.4, 0.5) is 0 Å². The van der Waals surface area contributed by atoms with Crippen LogP contribution in [0, 0.1) is 0 Å². The largest absolute Gasteiger partial charge is 0.484 e. The Morgan fingerprint density at radius 3 is 2.35 bits per heavy atom. The minimum atomic E-state index is -3.61. The Labute approximate surface area is 200 Å². The summed E-state index contributed by atoms with van der Waals surface area (Å²) in [5.41, 5.74) is 0.893. The van der Waals surface area contributed by atoms with E-state index >= 15 is 0 Å². The van der Waals surface area contributed by atoms with E-state index in [1.165, 1.54) is 33.5 Å². The number of amides is 2. The van der Waals surface area contributed by atoms with Crippen LogP contribution in [0.25, 0.3) is 0 Å². The fourth-order valence-corrected chi connectivity index (χ4v) is 4.96. The number of nitrogens with zero attached hydrogens (tertiary/aromatic N) is 2. The number of hydrogen-bond acceptors (Lipinski definition) is 6. The summed E-state index contributed by atoms with van der Waals surface area (Å²) in [4.78, 5) is 27.0. The molecule has 10 heteroatoms. The number of hydrogen-bond donors (Lipinski definition) is 1. The van der Waals surface area contributed by atoms with Gasteiger partial charge in [0.05, 0.1) is 18.1 Å². The van der Waals surface area contributed by atoms with Crippen molar-refractivity contribution in [2.24, 2.45) is 0 Å². The third-order valence-corrected chi connectivity index (χ3v) is 7.42. The van der Waals surface area contributed by atoms with Crippen molar-refractivity contribution in [2.75, 3.05) is 39.5 Å². The van der Waals surface area contributed by atoms with Gasteiger partial charge in [-0.05, 0) is 43.7 Å². The summed E-state index contributed by atoms with van der Waals surface area (Å²) in [5, 5.41) is 2.75.